The van der Waals surface area contributed by atoms with Crippen LogP contribution in [-0.4, -0.2) is 9.36 Å². The summed E-state index contributed by atoms with van der Waals surface area (Å²) in [5.74, 6) is 0. The molecular formula is C8H6N2S. The topological polar surface area (TPSA) is 25.8 Å². The lowest BCUT2D eigenvalue weighted by Gasteiger charge is -1.91. The number of rotatable bonds is 1. The van der Waals surface area contributed by atoms with Crippen molar-refractivity contribution in [1.82, 2.24) is 9.36 Å². The third-order valence-corrected chi connectivity index (χ3v) is 1.96. The van der Waals surface area contributed by atoms with E-state index in [0.717, 1.165) is 11.3 Å². The van der Waals surface area contributed by atoms with Gasteiger partial charge in [-0.1, -0.05) is 0 Å². The lowest BCUT2D eigenvalue weighted by molar-refractivity contribution is 1.32. The fourth-order valence-corrected chi connectivity index (χ4v) is 1.41. The highest BCUT2D eigenvalue weighted by Gasteiger charge is 1.96. The Balaban J connectivity index is 2.46. The molecule has 0 bridgehead atoms. The maximum atomic E-state index is 4.19. The molecule has 0 atom stereocenters. The molecule has 0 unspecified atom stereocenters. The van der Waals surface area contributed by atoms with Gasteiger partial charge >= 0.3 is 0 Å². The predicted octanol–water partition coefficient (Wildman–Crippen LogP) is 2.21. The van der Waals surface area contributed by atoms with Crippen molar-refractivity contribution in [1.29, 1.82) is 0 Å². The molecule has 0 N–H and O–H groups in total. The van der Waals surface area contributed by atoms with Gasteiger partial charge in [0.1, 0.15) is 0 Å². The van der Waals surface area contributed by atoms with Crippen LogP contribution in [0.25, 0.3) is 11.3 Å². The van der Waals surface area contributed by atoms with Gasteiger partial charge < -0.3 is 0 Å². The van der Waals surface area contributed by atoms with Crippen LogP contribution in [0.15, 0.2) is 36.0 Å². The van der Waals surface area contributed by atoms with Crippen LogP contribution in [0.1, 0.15) is 0 Å². The Bertz CT molecular complexity index is 315. The van der Waals surface area contributed by atoms with Crippen molar-refractivity contribution in [3.63, 3.8) is 0 Å². The van der Waals surface area contributed by atoms with E-state index < -0.39 is 0 Å². The Morgan fingerprint density at radius 1 is 1.27 bits per heavy atom. The summed E-state index contributed by atoms with van der Waals surface area (Å²) in [5.41, 5.74) is 2.08. The second-order valence-electron chi connectivity index (χ2n) is 2.13. The Morgan fingerprint density at radius 2 is 2.27 bits per heavy atom. The average Bonchev–Trinajstić information content (AvgIpc) is 2.58. The molecule has 2 nitrogen and oxygen atoms in total. The first-order chi connectivity index (χ1) is 5.47. The number of nitrogens with zero attached hydrogens (tertiary/aromatic N) is 2. The van der Waals surface area contributed by atoms with Gasteiger partial charge in [0.25, 0.3) is 0 Å². The van der Waals surface area contributed by atoms with Crippen LogP contribution >= 0.6 is 11.5 Å². The molecule has 0 aliphatic heterocycles. The summed E-state index contributed by atoms with van der Waals surface area (Å²) in [6, 6.07) is 5.90. The number of hydrogen-bond acceptors (Lipinski definition) is 3. The van der Waals surface area contributed by atoms with Crippen molar-refractivity contribution in [2.45, 2.75) is 0 Å². The van der Waals surface area contributed by atoms with Gasteiger partial charge in [-0.15, -0.1) is 0 Å². The molecule has 3 heteroatoms. The van der Waals surface area contributed by atoms with Gasteiger partial charge in [-0.05, 0) is 29.7 Å². The van der Waals surface area contributed by atoms with Crippen molar-refractivity contribution in [2.75, 3.05) is 0 Å². The molecule has 0 radical (unpaired) electrons. The quantitative estimate of drug-likeness (QED) is 0.642. The summed E-state index contributed by atoms with van der Waals surface area (Å²) >= 11 is 1.46. The van der Waals surface area contributed by atoms with E-state index >= 15 is 0 Å². The molecule has 0 amide bonds. The van der Waals surface area contributed by atoms with Gasteiger partial charge in [0, 0.05) is 23.3 Å². The monoisotopic (exact) mass is 162 g/mol. The van der Waals surface area contributed by atoms with Crippen LogP contribution < -0.4 is 0 Å². The molecule has 54 valence electrons. The molecule has 2 aromatic rings. The largest absolute Gasteiger partial charge is 0.264 e. The van der Waals surface area contributed by atoms with Gasteiger partial charge in [-0.25, -0.2) is 0 Å². The predicted molar refractivity (Wildman–Crippen MR) is 45.3 cm³/mol. The molecule has 0 saturated carbocycles. The summed E-state index contributed by atoms with van der Waals surface area (Å²) in [7, 11) is 0. The minimum Gasteiger partial charge on any atom is -0.264 e. The van der Waals surface area contributed by atoms with Crippen molar-refractivity contribution in [3.8, 4) is 11.3 Å². The van der Waals surface area contributed by atoms with Crippen LogP contribution in [0.2, 0.25) is 0 Å². The maximum absolute atomic E-state index is 4.19. The first kappa shape index (κ1) is 6.49. The molecule has 0 fully saturated rings. The Morgan fingerprint density at radius 3 is 2.91 bits per heavy atom. The van der Waals surface area contributed by atoms with Crippen LogP contribution in [0.3, 0.4) is 0 Å². The lowest BCUT2D eigenvalue weighted by Crippen LogP contribution is -1.76. The van der Waals surface area contributed by atoms with Crippen molar-refractivity contribution in [2.24, 2.45) is 0 Å². The zero-order valence-corrected chi connectivity index (χ0v) is 6.58. The first-order valence-corrected chi connectivity index (χ1v) is 4.11. The third-order valence-electron chi connectivity index (χ3n) is 1.40. The summed E-state index contributed by atoms with van der Waals surface area (Å²) in [5, 5.41) is 1.96. The molecule has 0 spiro atoms. The molecule has 0 aromatic carbocycles. The molecule has 2 rings (SSSR count). The number of aromatic nitrogens is 2. The lowest BCUT2D eigenvalue weighted by atomic mass is 10.2. The van der Waals surface area contributed by atoms with Crippen LogP contribution in [0, 0.1) is 0 Å². The van der Waals surface area contributed by atoms with E-state index in [1.54, 1.807) is 6.20 Å². The molecule has 11 heavy (non-hydrogen) atoms. The zero-order valence-electron chi connectivity index (χ0n) is 5.77. The Labute approximate surface area is 68.7 Å². The highest BCUT2D eigenvalue weighted by molar-refractivity contribution is 7.03. The SMILES string of the molecule is c1cncc(-c2ccsn2)c1. The van der Waals surface area contributed by atoms with Gasteiger partial charge in [0.15, 0.2) is 0 Å². The maximum Gasteiger partial charge on any atom is 0.0856 e. The van der Waals surface area contributed by atoms with Gasteiger partial charge in [0.05, 0.1) is 5.69 Å². The van der Waals surface area contributed by atoms with Crippen LogP contribution in [0.5, 0.6) is 0 Å². The Kier molecular flexibility index (Phi) is 1.65. The molecule has 2 heterocycles. The van der Waals surface area contributed by atoms with Crippen molar-refractivity contribution >= 4 is 11.5 Å². The second-order valence-corrected chi connectivity index (χ2v) is 2.79. The van der Waals surface area contributed by atoms with Crippen LogP contribution in [0.4, 0.5) is 0 Å². The van der Waals surface area contributed by atoms with E-state index in [9.17, 15) is 0 Å². The second kappa shape index (κ2) is 2.80. The zero-order chi connectivity index (χ0) is 7.52. The van der Waals surface area contributed by atoms with E-state index in [1.165, 1.54) is 11.5 Å². The fourth-order valence-electron chi connectivity index (χ4n) is 0.876. The van der Waals surface area contributed by atoms with Gasteiger partial charge in [0.2, 0.25) is 0 Å². The standard InChI is InChI=1S/C8H6N2S/c1-2-7(6-9-4-1)8-3-5-11-10-8/h1-6H. The summed E-state index contributed by atoms with van der Waals surface area (Å²) < 4.78 is 4.19. The van der Waals surface area contributed by atoms with Gasteiger partial charge in [-0.2, -0.15) is 4.37 Å². The number of hydrogen-bond donors (Lipinski definition) is 0. The summed E-state index contributed by atoms with van der Waals surface area (Å²) in [4.78, 5) is 4.01. The van der Waals surface area contributed by atoms with Crippen molar-refractivity contribution < 1.29 is 0 Å². The molecule has 0 aliphatic carbocycles. The summed E-state index contributed by atoms with van der Waals surface area (Å²) in [6.07, 6.45) is 3.57. The van der Waals surface area contributed by atoms with E-state index in [4.69, 9.17) is 0 Å². The first-order valence-electron chi connectivity index (χ1n) is 3.27. The average molecular weight is 162 g/mol. The van der Waals surface area contributed by atoms with Crippen molar-refractivity contribution in [3.05, 3.63) is 36.0 Å². The van der Waals surface area contributed by atoms with Crippen LogP contribution in [-0.2, 0) is 0 Å². The molecular weight excluding hydrogens is 156 g/mol. The highest BCUT2D eigenvalue weighted by Crippen LogP contribution is 2.15. The molecule has 0 aliphatic rings. The minimum absolute atomic E-state index is 1.00. The number of pyridine rings is 1. The van der Waals surface area contributed by atoms with E-state index in [-0.39, 0.29) is 0 Å². The molecule has 2 aromatic heterocycles. The molecule has 0 saturated heterocycles. The Hall–Kier alpha value is -1.22. The van der Waals surface area contributed by atoms with Gasteiger partial charge in [-0.3, -0.25) is 4.98 Å². The fraction of sp³-hybridized carbons (Fsp3) is 0. The van der Waals surface area contributed by atoms with E-state index in [2.05, 4.69) is 9.36 Å². The summed E-state index contributed by atoms with van der Waals surface area (Å²) in [6.45, 7) is 0. The van der Waals surface area contributed by atoms with E-state index in [0.29, 0.717) is 0 Å². The smallest absolute Gasteiger partial charge is 0.0856 e. The minimum atomic E-state index is 1.00. The third kappa shape index (κ3) is 1.28. The normalized spacial score (nSPS) is 9.82. The van der Waals surface area contributed by atoms with E-state index in [1.807, 2.05) is 29.8 Å². The highest BCUT2D eigenvalue weighted by atomic mass is 32.1.